The topological polar surface area (TPSA) is 0 Å². The van der Waals surface area contributed by atoms with Crippen LogP contribution in [0, 0.1) is 5.92 Å². The van der Waals surface area contributed by atoms with Crippen LogP contribution in [0.5, 0.6) is 0 Å². The SMILES string of the molecule is CCCCCCCCCC(C)CCCCCl. The smallest absolute Gasteiger partial charge is 0.0223 e. The number of halogens is 1. The molecule has 0 heterocycles. The maximum Gasteiger partial charge on any atom is 0.0223 e. The predicted molar refractivity (Wildman–Crippen MR) is 76.3 cm³/mol. The van der Waals surface area contributed by atoms with Crippen LogP contribution in [0.25, 0.3) is 0 Å². The molecule has 0 spiro atoms. The van der Waals surface area contributed by atoms with Crippen LogP contribution >= 0.6 is 11.6 Å². The summed E-state index contributed by atoms with van der Waals surface area (Å²) in [6, 6.07) is 0. The first-order valence-corrected chi connectivity index (χ1v) is 7.90. The van der Waals surface area contributed by atoms with Crippen LogP contribution < -0.4 is 0 Å². The molecular weight excluding hydrogens is 216 g/mol. The van der Waals surface area contributed by atoms with Crippen LogP contribution in [-0.2, 0) is 0 Å². The molecule has 0 bridgehead atoms. The number of hydrogen-bond donors (Lipinski definition) is 0. The molecule has 0 radical (unpaired) electrons. The van der Waals surface area contributed by atoms with Crippen molar-refractivity contribution in [1.82, 2.24) is 0 Å². The van der Waals surface area contributed by atoms with Crippen molar-refractivity contribution in [3.05, 3.63) is 0 Å². The lowest BCUT2D eigenvalue weighted by atomic mass is 9.97. The quantitative estimate of drug-likeness (QED) is 0.285. The van der Waals surface area contributed by atoms with E-state index in [1.165, 1.54) is 70.6 Å². The van der Waals surface area contributed by atoms with Crippen molar-refractivity contribution < 1.29 is 0 Å². The fraction of sp³-hybridized carbons (Fsp3) is 1.00. The van der Waals surface area contributed by atoms with Crippen molar-refractivity contribution in [3.8, 4) is 0 Å². The molecule has 0 nitrogen and oxygen atoms in total. The summed E-state index contributed by atoms with van der Waals surface area (Å²) in [5.74, 6) is 1.75. The lowest BCUT2D eigenvalue weighted by molar-refractivity contribution is 0.441. The first kappa shape index (κ1) is 16.3. The lowest BCUT2D eigenvalue weighted by Crippen LogP contribution is -1.95. The molecule has 0 saturated heterocycles. The van der Waals surface area contributed by atoms with Crippen LogP contribution in [0.15, 0.2) is 0 Å². The molecule has 0 aliphatic rings. The van der Waals surface area contributed by atoms with E-state index in [1.54, 1.807) is 0 Å². The average Bonchev–Trinajstić information content (AvgIpc) is 2.28. The van der Waals surface area contributed by atoms with Crippen LogP contribution in [0.4, 0.5) is 0 Å². The second kappa shape index (κ2) is 13.4. The van der Waals surface area contributed by atoms with Gasteiger partial charge in [-0.1, -0.05) is 78.1 Å². The van der Waals surface area contributed by atoms with E-state index in [2.05, 4.69) is 13.8 Å². The highest BCUT2D eigenvalue weighted by atomic mass is 35.5. The van der Waals surface area contributed by atoms with Crippen molar-refractivity contribution >= 4 is 11.6 Å². The van der Waals surface area contributed by atoms with E-state index in [9.17, 15) is 0 Å². The Balaban J connectivity index is 3.06. The molecule has 0 aromatic heterocycles. The van der Waals surface area contributed by atoms with E-state index in [-0.39, 0.29) is 0 Å². The van der Waals surface area contributed by atoms with E-state index in [0.717, 1.165) is 11.8 Å². The molecule has 1 heteroatoms. The molecule has 0 aromatic carbocycles. The molecule has 1 atom stereocenters. The van der Waals surface area contributed by atoms with Crippen LogP contribution in [0.1, 0.15) is 84.5 Å². The van der Waals surface area contributed by atoms with Gasteiger partial charge in [-0.05, 0) is 12.3 Å². The number of unbranched alkanes of at least 4 members (excludes halogenated alkanes) is 7. The first-order chi connectivity index (χ1) is 7.81. The second-order valence-electron chi connectivity index (χ2n) is 5.20. The first-order valence-electron chi connectivity index (χ1n) is 7.37. The molecule has 0 aromatic rings. The highest BCUT2D eigenvalue weighted by Crippen LogP contribution is 2.17. The van der Waals surface area contributed by atoms with E-state index < -0.39 is 0 Å². The van der Waals surface area contributed by atoms with Gasteiger partial charge in [-0.3, -0.25) is 0 Å². The molecule has 0 saturated carbocycles. The second-order valence-corrected chi connectivity index (χ2v) is 5.58. The number of rotatable bonds is 12. The lowest BCUT2D eigenvalue weighted by Gasteiger charge is -2.10. The summed E-state index contributed by atoms with van der Waals surface area (Å²) >= 11 is 5.67. The van der Waals surface area contributed by atoms with Gasteiger partial charge in [-0.2, -0.15) is 0 Å². The Kier molecular flexibility index (Phi) is 13.6. The molecule has 1 unspecified atom stereocenters. The maximum atomic E-state index is 5.67. The Morgan fingerprint density at radius 3 is 1.81 bits per heavy atom. The molecule has 0 rings (SSSR count). The van der Waals surface area contributed by atoms with Crippen molar-refractivity contribution in [2.45, 2.75) is 84.5 Å². The Bertz CT molecular complexity index is 123. The normalized spacial score (nSPS) is 12.9. The average molecular weight is 247 g/mol. The molecule has 0 amide bonds. The highest BCUT2D eigenvalue weighted by molar-refractivity contribution is 6.17. The fourth-order valence-corrected chi connectivity index (χ4v) is 2.37. The van der Waals surface area contributed by atoms with Crippen molar-refractivity contribution in [1.29, 1.82) is 0 Å². The summed E-state index contributed by atoms with van der Waals surface area (Å²) in [4.78, 5) is 0. The highest BCUT2D eigenvalue weighted by Gasteiger charge is 2.01. The third kappa shape index (κ3) is 12.4. The predicted octanol–water partition coefficient (Wildman–Crippen LogP) is 6.17. The third-order valence-electron chi connectivity index (χ3n) is 3.38. The van der Waals surface area contributed by atoms with Gasteiger partial charge in [-0.15, -0.1) is 11.6 Å². The van der Waals surface area contributed by atoms with Gasteiger partial charge in [0.1, 0.15) is 0 Å². The van der Waals surface area contributed by atoms with Crippen molar-refractivity contribution in [2.24, 2.45) is 5.92 Å². The Hall–Kier alpha value is 0.290. The van der Waals surface area contributed by atoms with E-state index >= 15 is 0 Å². The minimum Gasteiger partial charge on any atom is -0.127 e. The van der Waals surface area contributed by atoms with E-state index in [4.69, 9.17) is 11.6 Å². The summed E-state index contributed by atoms with van der Waals surface area (Å²) in [5, 5.41) is 0. The zero-order valence-electron chi connectivity index (χ0n) is 11.4. The summed E-state index contributed by atoms with van der Waals surface area (Å²) in [5.41, 5.74) is 0. The number of alkyl halides is 1. The Labute approximate surface area is 108 Å². The molecule has 98 valence electrons. The van der Waals surface area contributed by atoms with E-state index in [1.807, 2.05) is 0 Å². The molecule has 16 heavy (non-hydrogen) atoms. The zero-order chi connectivity index (χ0) is 12.1. The van der Waals surface area contributed by atoms with Gasteiger partial charge in [0, 0.05) is 5.88 Å². The minimum atomic E-state index is 0.837. The van der Waals surface area contributed by atoms with Gasteiger partial charge in [0.05, 0.1) is 0 Å². The maximum absolute atomic E-state index is 5.67. The van der Waals surface area contributed by atoms with Crippen LogP contribution in [0.3, 0.4) is 0 Å². The minimum absolute atomic E-state index is 0.837. The summed E-state index contributed by atoms with van der Waals surface area (Å²) in [6.07, 6.45) is 15.3. The van der Waals surface area contributed by atoms with Crippen LogP contribution in [0.2, 0.25) is 0 Å². The summed E-state index contributed by atoms with van der Waals surface area (Å²) in [6.45, 7) is 4.67. The van der Waals surface area contributed by atoms with Gasteiger partial charge in [-0.25, -0.2) is 0 Å². The molecule has 0 N–H and O–H groups in total. The van der Waals surface area contributed by atoms with Gasteiger partial charge in [0.25, 0.3) is 0 Å². The molecule has 0 fully saturated rings. The summed E-state index contributed by atoms with van der Waals surface area (Å²) in [7, 11) is 0. The fourth-order valence-electron chi connectivity index (χ4n) is 2.18. The Morgan fingerprint density at radius 1 is 0.750 bits per heavy atom. The zero-order valence-corrected chi connectivity index (χ0v) is 12.2. The Morgan fingerprint density at radius 2 is 1.25 bits per heavy atom. The van der Waals surface area contributed by atoms with Gasteiger partial charge in [0.15, 0.2) is 0 Å². The third-order valence-corrected chi connectivity index (χ3v) is 3.65. The van der Waals surface area contributed by atoms with Crippen molar-refractivity contribution in [2.75, 3.05) is 5.88 Å². The van der Waals surface area contributed by atoms with Crippen LogP contribution in [-0.4, -0.2) is 5.88 Å². The number of hydrogen-bond acceptors (Lipinski definition) is 0. The molecule has 0 aliphatic carbocycles. The van der Waals surface area contributed by atoms with Gasteiger partial charge < -0.3 is 0 Å². The van der Waals surface area contributed by atoms with Crippen molar-refractivity contribution in [3.63, 3.8) is 0 Å². The largest absolute Gasteiger partial charge is 0.127 e. The summed E-state index contributed by atoms with van der Waals surface area (Å²) < 4.78 is 0. The standard InChI is InChI=1S/C15H31Cl/c1-3-4-5-6-7-8-9-12-15(2)13-10-11-14-16/h15H,3-14H2,1-2H3. The van der Waals surface area contributed by atoms with Gasteiger partial charge >= 0.3 is 0 Å². The van der Waals surface area contributed by atoms with Gasteiger partial charge in [0.2, 0.25) is 0 Å². The molecular formula is C15H31Cl. The monoisotopic (exact) mass is 246 g/mol. The van der Waals surface area contributed by atoms with E-state index in [0.29, 0.717) is 0 Å². The molecule has 0 aliphatic heterocycles.